The van der Waals surface area contributed by atoms with E-state index >= 15 is 0 Å². The van der Waals surface area contributed by atoms with Gasteiger partial charge < -0.3 is 14.7 Å². The van der Waals surface area contributed by atoms with E-state index in [1.165, 1.54) is 0 Å². The van der Waals surface area contributed by atoms with Gasteiger partial charge in [0.1, 0.15) is 0 Å². The molecule has 1 saturated heterocycles. The van der Waals surface area contributed by atoms with Gasteiger partial charge in [-0.05, 0) is 39.0 Å². The average Bonchev–Trinajstić information content (AvgIpc) is 2.79. The van der Waals surface area contributed by atoms with Gasteiger partial charge in [0.2, 0.25) is 5.91 Å². The average molecular weight is 283 g/mol. The molecule has 1 unspecified atom stereocenters. The predicted octanol–water partition coefficient (Wildman–Crippen LogP) is 2.05. The number of hydrogen-bond acceptors (Lipinski definition) is 3. The topological polar surface area (TPSA) is 66.8 Å². The standard InChI is InChI=1S/C15H25NO4/c1-2-20-10-8-15(6-4-7-15)14(19)16-9-3-5-12(16)11-13(17)18/h12H,2-11H2,1H3,(H,17,18). The fourth-order valence-electron chi connectivity index (χ4n) is 3.41. The van der Waals surface area contributed by atoms with Gasteiger partial charge in [0.05, 0.1) is 11.8 Å². The van der Waals surface area contributed by atoms with Gasteiger partial charge in [-0.3, -0.25) is 9.59 Å². The van der Waals surface area contributed by atoms with Crippen LogP contribution in [0.25, 0.3) is 0 Å². The molecule has 0 spiro atoms. The maximum atomic E-state index is 12.8. The maximum absolute atomic E-state index is 12.8. The Kier molecular flexibility index (Phi) is 5.02. The largest absolute Gasteiger partial charge is 0.481 e. The number of aliphatic carboxylic acids is 1. The highest BCUT2D eigenvalue weighted by atomic mass is 16.5. The van der Waals surface area contributed by atoms with Crippen molar-refractivity contribution in [2.75, 3.05) is 19.8 Å². The molecule has 1 aliphatic carbocycles. The minimum atomic E-state index is -0.813. The predicted molar refractivity (Wildman–Crippen MR) is 74.4 cm³/mol. The van der Waals surface area contributed by atoms with Gasteiger partial charge in [0, 0.05) is 25.8 Å². The number of amides is 1. The van der Waals surface area contributed by atoms with Crippen LogP contribution in [0, 0.1) is 5.41 Å². The zero-order valence-electron chi connectivity index (χ0n) is 12.3. The van der Waals surface area contributed by atoms with Gasteiger partial charge in [-0.2, -0.15) is 0 Å². The summed E-state index contributed by atoms with van der Waals surface area (Å²) in [6.07, 6.45) is 5.54. The second-order valence-electron chi connectivity index (χ2n) is 5.97. The van der Waals surface area contributed by atoms with Crippen LogP contribution in [0.3, 0.4) is 0 Å². The smallest absolute Gasteiger partial charge is 0.305 e. The molecular formula is C15H25NO4. The third kappa shape index (κ3) is 3.14. The Labute approximate surface area is 120 Å². The molecule has 2 rings (SSSR count). The number of nitrogens with zero attached hydrogens (tertiary/aromatic N) is 1. The zero-order valence-corrected chi connectivity index (χ0v) is 12.3. The van der Waals surface area contributed by atoms with Crippen LogP contribution in [0.15, 0.2) is 0 Å². The van der Waals surface area contributed by atoms with Crippen LogP contribution in [-0.4, -0.2) is 47.7 Å². The molecule has 1 N–H and O–H groups in total. The van der Waals surface area contributed by atoms with Gasteiger partial charge in [-0.15, -0.1) is 0 Å². The van der Waals surface area contributed by atoms with E-state index in [-0.39, 0.29) is 23.8 Å². The highest BCUT2D eigenvalue weighted by molar-refractivity contribution is 5.84. The molecule has 1 aliphatic heterocycles. The van der Waals surface area contributed by atoms with Crippen LogP contribution in [0.5, 0.6) is 0 Å². The lowest BCUT2D eigenvalue weighted by Gasteiger charge is -2.44. The van der Waals surface area contributed by atoms with Crippen LogP contribution in [0.4, 0.5) is 0 Å². The summed E-state index contributed by atoms with van der Waals surface area (Å²) in [4.78, 5) is 25.6. The first-order valence-electron chi connectivity index (χ1n) is 7.70. The number of carboxylic acids is 1. The molecule has 1 heterocycles. The summed E-state index contributed by atoms with van der Waals surface area (Å²) in [5.41, 5.74) is -0.268. The Balaban J connectivity index is 1.98. The first-order valence-corrected chi connectivity index (χ1v) is 7.70. The lowest BCUT2D eigenvalue weighted by atomic mass is 9.65. The Hall–Kier alpha value is -1.10. The molecule has 0 radical (unpaired) electrons. The summed E-state index contributed by atoms with van der Waals surface area (Å²) < 4.78 is 5.40. The van der Waals surface area contributed by atoms with Crippen molar-refractivity contribution in [2.45, 2.75) is 57.9 Å². The molecule has 1 saturated carbocycles. The molecule has 2 aliphatic rings. The van der Waals surface area contributed by atoms with Crippen molar-refractivity contribution < 1.29 is 19.4 Å². The molecular weight excluding hydrogens is 258 g/mol. The minimum absolute atomic E-state index is 0.0767. The number of carboxylic acid groups (broad SMARTS) is 1. The molecule has 0 aromatic rings. The number of likely N-dealkylation sites (tertiary alicyclic amines) is 1. The second kappa shape index (κ2) is 6.57. The van der Waals surface area contributed by atoms with E-state index in [0.29, 0.717) is 19.8 Å². The lowest BCUT2D eigenvalue weighted by molar-refractivity contribution is -0.151. The van der Waals surface area contributed by atoms with Crippen molar-refractivity contribution in [1.82, 2.24) is 4.90 Å². The fourth-order valence-corrected chi connectivity index (χ4v) is 3.41. The molecule has 0 aromatic carbocycles. The Morgan fingerprint density at radius 3 is 2.65 bits per heavy atom. The summed E-state index contributed by atoms with van der Waals surface area (Å²) >= 11 is 0. The molecule has 1 amide bonds. The van der Waals surface area contributed by atoms with Crippen molar-refractivity contribution in [3.63, 3.8) is 0 Å². The molecule has 0 aromatic heterocycles. The van der Waals surface area contributed by atoms with Crippen LogP contribution >= 0.6 is 0 Å². The van der Waals surface area contributed by atoms with E-state index in [0.717, 1.165) is 38.5 Å². The van der Waals surface area contributed by atoms with Crippen molar-refractivity contribution in [2.24, 2.45) is 5.41 Å². The monoisotopic (exact) mass is 283 g/mol. The van der Waals surface area contributed by atoms with E-state index in [1.54, 1.807) is 0 Å². The fraction of sp³-hybridized carbons (Fsp3) is 0.867. The first kappa shape index (κ1) is 15.3. The number of ether oxygens (including phenoxy) is 1. The number of carbonyl (C=O) groups excluding carboxylic acids is 1. The normalized spacial score (nSPS) is 24.4. The van der Waals surface area contributed by atoms with Gasteiger partial charge in [0.25, 0.3) is 0 Å². The van der Waals surface area contributed by atoms with Gasteiger partial charge >= 0.3 is 5.97 Å². The van der Waals surface area contributed by atoms with Gasteiger partial charge in [-0.25, -0.2) is 0 Å². The Morgan fingerprint density at radius 1 is 1.35 bits per heavy atom. The van der Waals surface area contributed by atoms with E-state index in [1.807, 2.05) is 11.8 Å². The summed E-state index contributed by atoms with van der Waals surface area (Å²) in [5, 5.41) is 8.96. The van der Waals surface area contributed by atoms with E-state index in [9.17, 15) is 9.59 Å². The molecule has 2 fully saturated rings. The molecule has 0 bridgehead atoms. The number of rotatable bonds is 7. The minimum Gasteiger partial charge on any atom is -0.481 e. The summed E-state index contributed by atoms with van der Waals surface area (Å²) in [6.45, 7) is 3.97. The summed E-state index contributed by atoms with van der Waals surface area (Å²) in [7, 11) is 0. The first-order chi connectivity index (χ1) is 9.59. The van der Waals surface area contributed by atoms with Gasteiger partial charge in [-0.1, -0.05) is 6.42 Å². The highest BCUT2D eigenvalue weighted by Gasteiger charge is 2.48. The van der Waals surface area contributed by atoms with Crippen LogP contribution in [0.2, 0.25) is 0 Å². The number of carbonyl (C=O) groups is 2. The van der Waals surface area contributed by atoms with Crippen LogP contribution in [0.1, 0.15) is 51.9 Å². The summed E-state index contributed by atoms with van der Waals surface area (Å²) in [6, 6.07) is -0.107. The van der Waals surface area contributed by atoms with Crippen LogP contribution in [-0.2, 0) is 14.3 Å². The third-order valence-corrected chi connectivity index (χ3v) is 4.74. The van der Waals surface area contributed by atoms with Crippen molar-refractivity contribution in [3.05, 3.63) is 0 Å². The Morgan fingerprint density at radius 2 is 2.10 bits per heavy atom. The van der Waals surface area contributed by atoms with E-state index in [4.69, 9.17) is 9.84 Å². The quantitative estimate of drug-likeness (QED) is 0.726. The lowest BCUT2D eigenvalue weighted by Crippen LogP contribution is -2.50. The van der Waals surface area contributed by atoms with Crippen molar-refractivity contribution in [1.29, 1.82) is 0 Å². The van der Waals surface area contributed by atoms with Crippen molar-refractivity contribution >= 4 is 11.9 Å². The van der Waals surface area contributed by atoms with Gasteiger partial charge in [0.15, 0.2) is 0 Å². The maximum Gasteiger partial charge on any atom is 0.305 e. The molecule has 5 heteroatoms. The van der Waals surface area contributed by atoms with E-state index < -0.39 is 5.97 Å². The van der Waals surface area contributed by atoms with E-state index in [2.05, 4.69) is 0 Å². The highest BCUT2D eigenvalue weighted by Crippen LogP contribution is 2.46. The van der Waals surface area contributed by atoms with Crippen LogP contribution < -0.4 is 0 Å². The SMILES string of the molecule is CCOCCC1(C(=O)N2CCCC2CC(=O)O)CCC1. The summed E-state index contributed by atoms with van der Waals surface area (Å²) in [5.74, 6) is -0.640. The second-order valence-corrected chi connectivity index (χ2v) is 5.97. The zero-order chi connectivity index (χ0) is 14.6. The molecule has 114 valence electrons. The van der Waals surface area contributed by atoms with Crippen molar-refractivity contribution in [3.8, 4) is 0 Å². The Bertz CT molecular complexity index is 365. The molecule has 1 atom stereocenters. The number of hydrogen-bond donors (Lipinski definition) is 1. The third-order valence-electron chi connectivity index (χ3n) is 4.74. The molecule has 20 heavy (non-hydrogen) atoms. The molecule has 5 nitrogen and oxygen atoms in total.